The second-order valence-electron chi connectivity index (χ2n) is 4.79. The van der Waals surface area contributed by atoms with Crippen molar-refractivity contribution in [2.24, 2.45) is 0 Å². The number of hydrogen-bond donors (Lipinski definition) is 1. The van der Waals surface area contributed by atoms with Crippen LogP contribution in [-0.4, -0.2) is 26.6 Å². The highest BCUT2D eigenvalue weighted by Gasteiger charge is 2.08. The molecule has 0 radical (unpaired) electrons. The van der Waals surface area contributed by atoms with Crippen LogP contribution in [0.15, 0.2) is 24.5 Å². The van der Waals surface area contributed by atoms with Crippen LogP contribution in [0.25, 0.3) is 0 Å². The lowest BCUT2D eigenvalue weighted by molar-refractivity contribution is 0.424. The minimum absolute atomic E-state index is 0.506. The van der Waals surface area contributed by atoms with E-state index < -0.39 is 0 Å². The van der Waals surface area contributed by atoms with Crippen molar-refractivity contribution in [3.63, 3.8) is 0 Å². The molecule has 0 amide bonds. The molecule has 0 saturated carbocycles. The molecule has 0 aliphatic heterocycles. The summed E-state index contributed by atoms with van der Waals surface area (Å²) in [7, 11) is 1.93. The molecule has 0 atom stereocenters. The minimum atomic E-state index is 0.506. The van der Waals surface area contributed by atoms with Crippen molar-refractivity contribution < 1.29 is 0 Å². The molecular formula is C14H23N5. The fourth-order valence-corrected chi connectivity index (χ4v) is 2.26. The second-order valence-corrected chi connectivity index (χ2v) is 4.79. The van der Waals surface area contributed by atoms with Crippen LogP contribution in [0, 0.1) is 0 Å². The van der Waals surface area contributed by atoms with Gasteiger partial charge in [0, 0.05) is 18.9 Å². The lowest BCUT2D eigenvalue weighted by atomic mass is 10.2. The highest BCUT2D eigenvalue weighted by Crippen LogP contribution is 2.14. The fourth-order valence-electron chi connectivity index (χ4n) is 2.26. The maximum Gasteiger partial charge on any atom is 0.0849 e. The van der Waals surface area contributed by atoms with E-state index in [0.717, 1.165) is 37.3 Å². The maximum atomic E-state index is 4.64. The van der Waals surface area contributed by atoms with Crippen molar-refractivity contribution in [2.45, 2.75) is 45.8 Å². The summed E-state index contributed by atoms with van der Waals surface area (Å²) >= 11 is 0. The normalized spacial score (nSPS) is 11.4. The molecule has 5 nitrogen and oxygen atoms in total. The molecule has 0 bridgehead atoms. The molecule has 0 fully saturated rings. The van der Waals surface area contributed by atoms with Crippen molar-refractivity contribution >= 4 is 0 Å². The molecule has 2 heterocycles. The lowest BCUT2D eigenvalue weighted by Crippen LogP contribution is -2.10. The molecule has 0 aromatic carbocycles. The second kappa shape index (κ2) is 6.52. The Hall–Kier alpha value is -1.62. The fraction of sp³-hybridized carbons (Fsp3) is 0.571. The molecule has 0 aliphatic rings. The van der Waals surface area contributed by atoms with Crippen LogP contribution in [0.1, 0.15) is 44.1 Å². The van der Waals surface area contributed by atoms with Gasteiger partial charge in [0.2, 0.25) is 0 Å². The first-order valence-corrected chi connectivity index (χ1v) is 6.97. The monoisotopic (exact) mass is 261 g/mol. The van der Waals surface area contributed by atoms with Gasteiger partial charge in [-0.05, 0) is 32.0 Å². The predicted octanol–water partition coefficient (Wildman–Crippen LogP) is 2.21. The van der Waals surface area contributed by atoms with Gasteiger partial charge in [-0.1, -0.05) is 13.8 Å². The van der Waals surface area contributed by atoms with Crippen LogP contribution in [0.2, 0.25) is 0 Å². The van der Waals surface area contributed by atoms with E-state index in [0.29, 0.717) is 6.04 Å². The summed E-state index contributed by atoms with van der Waals surface area (Å²) in [6.07, 6.45) is 6.31. The average Bonchev–Trinajstić information content (AvgIpc) is 3.02. The SMILES string of the molecule is CCC(CC)n1ccc(Cn2ccc(CNC)n2)n1. The number of hydrogen-bond acceptors (Lipinski definition) is 3. The lowest BCUT2D eigenvalue weighted by Gasteiger charge is -2.12. The summed E-state index contributed by atoms with van der Waals surface area (Å²) in [4.78, 5) is 0. The van der Waals surface area contributed by atoms with Gasteiger partial charge < -0.3 is 5.32 Å². The third-order valence-electron chi connectivity index (χ3n) is 3.36. The van der Waals surface area contributed by atoms with Gasteiger partial charge in [0.05, 0.1) is 24.0 Å². The Balaban J connectivity index is 2.02. The summed E-state index contributed by atoms with van der Waals surface area (Å²) in [5.74, 6) is 0. The molecule has 2 aromatic heterocycles. The first-order valence-electron chi connectivity index (χ1n) is 6.97. The highest BCUT2D eigenvalue weighted by atomic mass is 15.3. The van der Waals surface area contributed by atoms with E-state index in [1.807, 2.05) is 24.0 Å². The summed E-state index contributed by atoms with van der Waals surface area (Å²) in [6, 6.07) is 4.62. The van der Waals surface area contributed by atoms with Gasteiger partial charge in [0.1, 0.15) is 0 Å². The maximum absolute atomic E-state index is 4.64. The van der Waals surface area contributed by atoms with Crippen molar-refractivity contribution in [3.05, 3.63) is 35.9 Å². The summed E-state index contributed by atoms with van der Waals surface area (Å²) in [5.41, 5.74) is 2.12. The molecule has 2 aromatic rings. The Kier molecular flexibility index (Phi) is 4.74. The van der Waals surface area contributed by atoms with E-state index in [4.69, 9.17) is 0 Å². The third kappa shape index (κ3) is 3.44. The van der Waals surface area contributed by atoms with Gasteiger partial charge in [0.25, 0.3) is 0 Å². The van der Waals surface area contributed by atoms with Crippen LogP contribution >= 0.6 is 0 Å². The molecule has 0 spiro atoms. The van der Waals surface area contributed by atoms with Crippen LogP contribution in [0.4, 0.5) is 0 Å². The molecule has 0 aliphatic carbocycles. The van der Waals surface area contributed by atoms with E-state index in [1.54, 1.807) is 0 Å². The summed E-state index contributed by atoms with van der Waals surface area (Å²) in [6.45, 7) is 5.94. The summed E-state index contributed by atoms with van der Waals surface area (Å²) < 4.78 is 4.01. The molecule has 1 N–H and O–H groups in total. The molecule has 0 unspecified atom stereocenters. The molecule has 104 valence electrons. The van der Waals surface area contributed by atoms with Gasteiger partial charge in [-0.25, -0.2) is 0 Å². The standard InChI is InChI=1S/C14H23N5/c1-4-14(5-2)19-9-7-13(17-19)11-18-8-6-12(16-18)10-15-3/h6-9,14-15H,4-5,10-11H2,1-3H3. The largest absolute Gasteiger partial charge is 0.314 e. The first kappa shape index (κ1) is 13.8. The number of nitrogens with zero attached hydrogens (tertiary/aromatic N) is 4. The first-order chi connectivity index (χ1) is 9.26. The van der Waals surface area contributed by atoms with Crippen molar-refractivity contribution in [1.82, 2.24) is 24.9 Å². The van der Waals surface area contributed by atoms with E-state index >= 15 is 0 Å². The van der Waals surface area contributed by atoms with Gasteiger partial charge in [-0.2, -0.15) is 10.2 Å². The van der Waals surface area contributed by atoms with Crippen LogP contribution in [0.3, 0.4) is 0 Å². The van der Waals surface area contributed by atoms with E-state index in [1.165, 1.54) is 0 Å². The molecule has 19 heavy (non-hydrogen) atoms. The Morgan fingerprint density at radius 2 is 1.84 bits per heavy atom. The molecule has 5 heteroatoms. The van der Waals surface area contributed by atoms with E-state index in [2.05, 4.69) is 46.3 Å². The zero-order chi connectivity index (χ0) is 13.7. The summed E-state index contributed by atoms with van der Waals surface area (Å²) in [5, 5.41) is 12.2. The van der Waals surface area contributed by atoms with Gasteiger partial charge in [0.15, 0.2) is 0 Å². The Morgan fingerprint density at radius 1 is 1.11 bits per heavy atom. The van der Waals surface area contributed by atoms with Gasteiger partial charge in [-0.15, -0.1) is 0 Å². The average molecular weight is 261 g/mol. The minimum Gasteiger partial charge on any atom is -0.314 e. The van der Waals surface area contributed by atoms with Crippen molar-refractivity contribution in [3.8, 4) is 0 Å². The Bertz CT molecular complexity index is 495. The van der Waals surface area contributed by atoms with Gasteiger partial charge >= 0.3 is 0 Å². The number of rotatable bonds is 7. The number of aromatic nitrogens is 4. The molecule has 0 saturated heterocycles. The quantitative estimate of drug-likeness (QED) is 0.831. The van der Waals surface area contributed by atoms with Gasteiger partial charge in [-0.3, -0.25) is 9.36 Å². The predicted molar refractivity (Wildman–Crippen MR) is 75.9 cm³/mol. The van der Waals surface area contributed by atoms with Crippen LogP contribution < -0.4 is 5.32 Å². The molecule has 2 rings (SSSR count). The number of nitrogens with one attached hydrogen (secondary N) is 1. The zero-order valence-electron chi connectivity index (χ0n) is 12.0. The van der Waals surface area contributed by atoms with Crippen LogP contribution in [0.5, 0.6) is 0 Å². The molecular weight excluding hydrogens is 238 g/mol. The van der Waals surface area contributed by atoms with E-state index in [9.17, 15) is 0 Å². The third-order valence-corrected chi connectivity index (χ3v) is 3.36. The van der Waals surface area contributed by atoms with Crippen LogP contribution in [-0.2, 0) is 13.1 Å². The smallest absolute Gasteiger partial charge is 0.0849 e. The van der Waals surface area contributed by atoms with E-state index in [-0.39, 0.29) is 0 Å². The highest BCUT2D eigenvalue weighted by molar-refractivity contribution is 5.03. The zero-order valence-corrected chi connectivity index (χ0v) is 12.0. The van der Waals surface area contributed by atoms with Crippen molar-refractivity contribution in [2.75, 3.05) is 7.05 Å². The Labute approximate surface area is 114 Å². The Morgan fingerprint density at radius 3 is 2.53 bits per heavy atom. The topological polar surface area (TPSA) is 47.7 Å². The van der Waals surface area contributed by atoms with Crippen molar-refractivity contribution in [1.29, 1.82) is 0 Å².